The molecule has 0 spiro atoms. The molecule has 0 aromatic carbocycles. The Morgan fingerprint density at radius 3 is 2.62 bits per heavy atom. The molecule has 0 unspecified atom stereocenters. The molecule has 1 N–H and O–H groups in total. The summed E-state index contributed by atoms with van der Waals surface area (Å²) in [5, 5.41) is 3.59. The highest BCUT2D eigenvalue weighted by atomic mass is 35.5. The van der Waals surface area contributed by atoms with Crippen LogP contribution in [-0.2, 0) is 0 Å². The molecule has 1 fully saturated rings. The lowest BCUT2D eigenvalue weighted by Crippen LogP contribution is -2.02. The maximum absolute atomic E-state index is 5.98. The normalized spacial score (nSPS) is 15.9. The molecule has 0 bridgehead atoms. The van der Waals surface area contributed by atoms with Crippen LogP contribution in [-0.4, -0.2) is 17.0 Å². The molecule has 0 saturated heterocycles. The third kappa shape index (κ3) is 1.61. The second kappa shape index (κ2) is 3.14. The molecule has 1 aliphatic rings. The van der Waals surface area contributed by atoms with E-state index >= 15 is 0 Å². The van der Waals surface area contributed by atoms with Crippen molar-refractivity contribution in [2.24, 2.45) is 0 Å². The van der Waals surface area contributed by atoms with Crippen LogP contribution >= 0.6 is 11.6 Å². The van der Waals surface area contributed by atoms with E-state index in [4.69, 9.17) is 11.6 Å². The number of anilines is 1. The number of hydrogen-bond donors (Lipinski definition) is 1. The van der Waals surface area contributed by atoms with E-state index in [0.29, 0.717) is 11.1 Å². The summed E-state index contributed by atoms with van der Waals surface area (Å²) in [7, 11) is 1.85. The highest BCUT2D eigenvalue weighted by Gasteiger charge is 2.27. The molecule has 0 atom stereocenters. The van der Waals surface area contributed by atoms with E-state index in [0.717, 1.165) is 17.2 Å². The van der Waals surface area contributed by atoms with Crippen molar-refractivity contribution >= 4 is 17.4 Å². The first-order valence-corrected chi connectivity index (χ1v) is 4.82. The molecule has 0 amide bonds. The summed E-state index contributed by atoms with van der Waals surface area (Å²) in [4.78, 5) is 8.66. The van der Waals surface area contributed by atoms with Crippen LogP contribution in [0.4, 0.5) is 5.82 Å². The number of hydrogen-bond acceptors (Lipinski definition) is 3. The van der Waals surface area contributed by atoms with E-state index < -0.39 is 0 Å². The zero-order valence-corrected chi connectivity index (χ0v) is 8.52. The van der Waals surface area contributed by atoms with Gasteiger partial charge in [0, 0.05) is 18.5 Å². The maximum atomic E-state index is 5.98. The van der Waals surface area contributed by atoms with Crippen molar-refractivity contribution in [3.05, 3.63) is 16.5 Å². The van der Waals surface area contributed by atoms with Gasteiger partial charge in [0.15, 0.2) is 0 Å². The predicted molar refractivity (Wildman–Crippen MR) is 53.3 cm³/mol. The minimum atomic E-state index is 0.546. The fourth-order valence-electron chi connectivity index (χ4n) is 1.27. The van der Waals surface area contributed by atoms with Crippen molar-refractivity contribution in [2.45, 2.75) is 25.7 Å². The summed E-state index contributed by atoms with van der Waals surface area (Å²) in [6.45, 7) is 1.92. The average Bonchev–Trinajstić information content (AvgIpc) is 2.92. The molecule has 0 aliphatic heterocycles. The second-order valence-electron chi connectivity index (χ2n) is 3.37. The van der Waals surface area contributed by atoms with Crippen molar-refractivity contribution in [1.29, 1.82) is 0 Å². The van der Waals surface area contributed by atoms with E-state index in [2.05, 4.69) is 15.3 Å². The Balaban J connectivity index is 2.43. The third-order valence-electron chi connectivity index (χ3n) is 2.28. The number of nitrogens with zero attached hydrogens (tertiary/aromatic N) is 2. The summed E-state index contributed by atoms with van der Waals surface area (Å²) in [5.74, 6) is 2.28. The van der Waals surface area contributed by atoms with Crippen molar-refractivity contribution < 1.29 is 0 Å². The molecule has 0 radical (unpaired) electrons. The molecular formula is C9H12ClN3. The van der Waals surface area contributed by atoms with Gasteiger partial charge >= 0.3 is 0 Å². The molecular weight excluding hydrogens is 186 g/mol. The lowest BCUT2D eigenvalue weighted by atomic mass is 10.3. The summed E-state index contributed by atoms with van der Waals surface area (Å²) >= 11 is 5.98. The average molecular weight is 198 g/mol. The topological polar surface area (TPSA) is 37.8 Å². The van der Waals surface area contributed by atoms with Gasteiger partial charge in [0.25, 0.3) is 0 Å². The first-order valence-electron chi connectivity index (χ1n) is 4.44. The fourth-order valence-corrected chi connectivity index (χ4v) is 1.45. The van der Waals surface area contributed by atoms with Crippen LogP contribution in [0, 0.1) is 6.92 Å². The smallest absolute Gasteiger partial charge is 0.137 e. The van der Waals surface area contributed by atoms with Crippen LogP contribution < -0.4 is 5.32 Å². The van der Waals surface area contributed by atoms with Gasteiger partial charge in [-0.05, 0) is 19.8 Å². The summed E-state index contributed by atoms with van der Waals surface area (Å²) in [6.07, 6.45) is 2.39. The van der Waals surface area contributed by atoms with E-state index in [9.17, 15) is 0 Å². The second-order valence-corrected chi connectivity index (χ2v) is 3.73. The Bertz CT molecular complexity index is 334. The molecule has 4 heteroatoms. The van der Waals surface area contributed by atoms with Crippen LogP contribution in [0.5, 0.6) is 0 Å². The summed E-state index contributed by atoms with van der Waals surface area (Å²) < 4.78 is 0. The van der Waals surface area contributed by atoms with Gasteiger partial charge < -0.3 is 5.32 Å². The number of rotatable bonds is 2. The molecule has 1 aliphatic carbocycles. The molecule has 1 aromatic heterocycles. The molecule has 1 heterocycles. The highest BCUT2D eigenvalue weighted by Crippen LogP contribution is 2.39. The van der Waals surface area contributed by atoms with Gasteiger partial charge in [0.1, 0.15) is 16.8 Å². The van der Waals surface area contributed by atoms with Crippen molar-refractivity contribution in [2.75, 3.05) is 12.4 Å². The van der Waals surface area contributed by atoms with E-state index in [1.807, 2.05) is 14.0 Å². The van der Waals surface area contributed by atoms with Gasteiger partial charge in [-0.1, -0.05) is 11.6 Å². The maximum Gasteiger partial charge on any atom is 0.137 e. The molecule has 1 saturated carbocycles. The van der Waals surface area contributed by atoms with Gasteiger partial charge in [-0.3, -0.25) is 0 Å². The Morgan fingerprint density at radius 2 is 2.08 bits per heavy atom. The zero-order chi connectivity index (χ0) is 9.42. The molecule has 13 heavy (non-hydrogen) atoms. The van der Waals surface area contributed by atoms with Crippen molar-refractivity contribution in [3.63, 3.8) is 0 Å². The van der Waals surface area contributed by atoms with E-state index in [1.54, 1.807) is 0 Å². The first kappa shape index (κ1) is 8.75. The lowest BCUT2D eigenvalue weighted by molar-refractivity contribution is 0.920. The standard InChI is InChI=1S/C9H12ClN3/c1-5-7(10)12-9(6-3-4-6)13-8(5)11-2/h6H,3-4H2,1-2H3,(H,11,12,13). The van der Waals surface area contributed by atoms with Gasteiger partial charge in [0.05, 0.1) is 0 Å². The summed E-state index contributed by atoms with van der Waals surface area (Å²) in [5.41, 5.74) is 0.925. The van der Waals surface area contributed by atoms with Crippen molar-refractivity contribution in [1.82, 2.24) is 9.97 Å². The first-order chi connectivity index (χ1) is 6.22. The minimum Gasteiger partial charge on any atom is -0.373 e. The van der Waals surface area contributed by atoms with E-state index in [1.165, 1.54) is 12.8 Å². The largest absolute Gasteiger partial charge is 0.373 e. The third-order valence-corrected chi connectivity index (χ3v) is 2.65. The lowest BCUT2D eigenvalue weighted by Gasteiger charge is -2.07. The molecule has 2 rings (SSSR count). The number of aromatic nitrogens is 2. The van der Waals surface area contributed by atoms with Gasteiger partial charge in [-0.25, -0.2) is 9.97 Å². The number of halogens is 1. The van der Waals surface area contributed by atoms with Crippen LogP contribution in [0.2, 0.25) is 5.15 Å². The minimum absolute atomic E-state index is 0.546. The highest BCUT2D eigenvalue weighted by molar-refractivity contribution is 6.30. The summed E-state index contributed by atoms with van der Waals surface area (Å²) in [6, 6.07) is 0. The van der Waals surface area contributed by atoms with Crippen LogP contribution in [0.25, 0.3) is 0 Å². The molecule has 3 nitrogen and oxygen atoms in total. The van der Waals surface area contributed by atoms with Gasteiger partial charge in [-0.2, -0.15) is 0 Å². The van der Waals surface area contributed by atoms with E-state index in [-0.39, 0.29) is 0 Å². The fraction of sp³-hybridized carbons (Fsp3) is 0.556. The molecule has 70 valence electrons. The van der Waals surface area contributed by atoms with Crippen LogP contribution in [0.3, 0.4) is 0 Å². The van der Waals surface area contributed by atoms with Crippen molar-refractivity contribution in [3.8, 4) is 0 Å². The van der Waals surface area contributed by atoms with Gasteiger partial charge in [-0.15, -0.1) is 0 Å². The monoisotopic (exact) mass is 197 g/mol. The van der Waals surface area contributed by atoms with Crippen LogP contribution in [0.15, 0.2) is 0 Å². The SMILES string of the molecule is CNc1nc(C2CC2)nc(Cl)c1C. The quantitative estimate of drug-likeness (QED) is 0.740. The Hall–Kier alpha value is -0.830. The Labute approximate surface area is 82.5 Å². The molecule has 1 aromatic rings. The van der Waals surface area contributed by atoms with Crippen LogP contribution in [0.1, 0.15) is 30.1 Å². The Morgan fingerprint density at radius 1 is 1.38 bits per heavy atom. The number of nitrogens with one attached hydrogen (secondary N) is 1. The van der Waals surface area contributed by atoms with Gasteiger partial charge in [0.2, 0.25) is 0 Å². The predicted octanol–water partition coefficient (Wildman–Crippen LogP) is 2.36. The zero-order valence-electron chi connectivity index (χ0n) is 7.76. The Kier molecular flexibility index (Phi) is 2.12.